The molecule has 2 rings (SSSR count). The van der Waals surface area contributed by atoms with Crippen LogP contribution in [0.3, 0.4) is 0 Å². The Labute approximate surface area is 163 Å². The molecule has 0 radical (unpaired) electrons. The predicted molar refractivity (Wildman–Crippen MR) is 104 cm³/mol. The number of nitrogens with zero attached hydrogens (tertiary/aromatic N) is 2. The first-order valence-electron chi connectivity index (χ1n) is 9.14. The number of benzene rings is 1. The fourth-order valence-corrected chi connectivity index (χ4v) is 3.02. The summed E-state index contributed by atoms with van der Waals surface area (Å²) >= 11 is 0. The number of carbonyl (C=O) groups excluding carboxylic acids is 3. The van der Waals surface area contributed by atoms with E-state index in [0.717, 1.165) is 22.4 Å². The number of amides is 4. The van der Waals surface area contributed by atoms with Gasteiger partial charge in [0.15, 0.2) is 0 Å². The highest BCUT2D eigenvalue weighted by Crippen LogP contribution is 2.28. The molecule has 1 aliphatic rings. The highest BCUT2D eigenvalue weighted by Gasteiger charge is 2.47. The van der Waals surface area contributed by atoms with Gasteiger partial charge < -0.3 is 10.6 Å². The molecule has 1 aromatic rings. The lowest BCUT2D eigenvalue weighted by molar-refractivity contribution is -0.384. The normalized spacial score (nSPS) is 19.1. The van der Waals surface area contributed by atoms with Gasteiger partial charge in [-0.05, 0) is 56.7 Å². The monoisotopic (exact) mass is 390 g/mol. The minimum Gasteiger partial charge on any atom is -0.323 e. The van der Waals surface area contributed by atoms with Crippen molar-refractivity contribution in [1.29, 1.82) is 0 Å². The van der Waals surface area contributed by atoms with Gasteiger partial charge in [0, 0.05) is 6.07 Å². The topological polar surface area (TPSA) is 122 Å². The third-order valence-corrected chi connectivity index (χ3v) is 4.95. The average Bonchev–Trinajstić information content (AvgIpc) is 2.79. The molecule has 1 saturated heterocycles. The van der Waals surface area contributed by atoms with Gasteiger partial charge in [0.25, 0.3) is 11.6 Å². The van der Waals surface area contributed by atoms with Gasteiger partial charge in [0.1, 0.15) is 17.8 Å². The number of aryl methyl sites for hydroxylation is 2. The minimum atomic E-state index is -1.05. The van der Waals surface area contributed by atoms with E-state index in [2.05, 4.69) is 10.6 Å². The first-order valence-corrected chi connectivity index (χ1v) is 9.14. The Balaban J connectivity index is 2.13. The van der Waals surface area contributed by atoms with Crippen molar-refractivity contribution in [1.82, 2.24) is 10.2 Å². The Morgan fingerprint density at radius 3 is 2.46 bits per heavy atom. The molecule has 152 valence electrons. The molecule has 28 heavy (non-hydrogen) atoms. The number of nitro groups is 1. The summed E-state index contributed by atoms with van der Waals surface area (Å²) in [6.45, 7) is 8.68. The summed E-state index contributed by atoms with van der Waals surface area (Å²) in [5.41, 5.74) is 0.244. The molecule has 4 amide bonds. The minimum absolute atomic E-state index is 0.0349. The quantitative estimate of drug-likeness (QED) is 0.421. The molecule has 9 nitrogen and oxygen atoms in total. The second-order valence-corrected chi connectivity index (χ2v) is 7.84. The Morgan fingerprint density at radius 1 is 1.29 bits per heavy atom. The summed E-state index contributed by atoms with van der Waals surface area (Å²) in [6.07, 6.45) is 1.22. The van der Waals surface area contributed by atoms with Gasteiger partial charge in [0.2, 0.25) is 5.91 Å². The standard InChI is InChI=1S/C19H26N4O5/c1-11(2)6-7-19(5)17(25)22(18(26)21-19)10-16(24)20-14-8-12(3)13(4)9-15(14)23(27)28/h8-9,11H,6-7,10H2,1-5H3,(H,20,24)(H,21,26). The molecule has 0 aliphatic carbocycles. The van der Waals surface area contributed by atoms with Crippen LogP contribution in [-0.4, -0.2) is 39.8 Å². The van der Waals surface area contributed by atoms with Crippen LogP contribution in [0.1, 0.15) is 44.7 Å². The highest BCUT2D eigenvalue weighted by atomic mass is 16.6. The molecule has 0 bridgehead atoms. The van der Waals surface area contributed by atoms with Crippen molar-refractivity contribution in [2.45, 2.75) is 53.0 Å². The number of imide groups is 1. The summed E-state index contributed by atoms with van der Waals surface area (Å²) in [4.78, 5) is 48.8. The molecule has 0 saturated carbocycles. The molecule has 1 atom stereocenters. The van der Waals surface area contributed by atoms with Crippen LogP contribution >= 0.6 is 0 Å². The zero-order chi connectivity index (χ0) is 21.2. The largest absolute Gasteiger partial charge is 0.325 e. The highest BCUT2D eigenvalue weighted by molar-refractivity contribution is 6.10. The van der Waals surface area contributed by atoms with Gasteiger partial charge in [-0.2, -0.15) is 0 Å². The van der Waals surface area contributed by atoms with Crippen molar-refractivity contribution < 1.29 is 19.3 Å². The summed E-state index contributed by atoms with van der Waals surface area (Å²) < 4.78 is 0. The van der Waals surface area contributed by atoms with E-state index in [1.54, 1.807) is 20.8 Å². The van der Waals surface area contributed by atoms with Gasteiger partial charge in [-0.15, -0.1) is 0 Å². The fraction of sp³-hybridized carbons (Fsp3) is 0.526. The molecule has 1 aromatic carbocycles. The Bertz CT molecular complexity index is 836. The third-order valence-electron chi connectivity index (χ3n) is 4.95. The number of hydrogen-bond donors (Lipinski definition) is 2. The van der Waals surface area contributed by atoms with Crippen molar-refractivity contribution in [3.8, 4) is 0 Å². The Morgan fingerprint density at radius 2 is 1.89 bits per heavy atom. The molecule has 1 unspecified atom stereocenters. The van der Waals surface area contributed by atoms with Crippen LogP contribution in [-0.2, 0) is 9.59 Å². The zero-order valence-corrected chi connectivity index (χ0v) is 16.8. The second-order valence-electron chi connectivity index (χ2n) is 7.84. The molecule has 2 N–H and O–H groups in total. The summed E-state index contributed by atoms with van der Waals surface area (Å²) in [6, 6.07) is 2.24. The van der Waals surface area contributed by atoms with E-state index in [-0.39, 0.29) is 11.4 Å². The molecule has 1 fully saturated rings. The van der Waals surface area contributed by atoms with Crippen LogP contribution in [0.5, 0.6) is 0 Å². The zero-order valence-electron chi connectivity index (χ0n) is 16.8. The smallest absolute Gasteiger partial charge is 0.323 e. The van der Waals surface area contributed by atoms with Crippen molar-refractivity contribution in [3.63, 3.8) is 0 Å². The SMILES string of the molecule is Cc1cc(NC(=O)CN2C(=O)NC(C)(CCC(C)C)C2=O)c([N+](=O)[O-])cc1C. The molecular formula is C19H26N4O5. The lowest BCUT2D eigenvalue weighted by Crippen LogP contribution is -2.44. The molecule has 1 aliphatic heterocycles. The van der Waals surface area contributed by atoms with Crippen LogP contribution < -0.4 is 10.6 Å². The van der Waals surface area contributed by atoms with Gasteiger partial charge in [-0.3, -0.25) is 24.6 Å². The predicted octanol–water partition coefficient (Wildman–Crippen LogP) is 2.90. The number of hydrogen-bond acceptors (Lipinski definition) is 5. The number of carbonyl (C=O) groups is 3. The summed E-state index contributed by atoms with van der Waals surface area (Å²) in [7, 11) is 0. The molecule has 0 aromatic heterocycles. The Hall–Kier alpha value is -2.97. The van der Waals surface area contributed by atoms with E-state index < -0.39 is 34.9 Å². The van der Waals surface area contributed by atoms with E-state index in [9.17, 15) is 24.5 Å². The maximum Gasteiger partial charge on any atom is 0.325 e. The van der Waals surface area contributed by atoms with Crippen molar-refractivity contribution in [3.05, 3.63) is 33.4 Å². The van der Waals surface area contributed by atoms with Crippen LogP contribution in [0.2, 0.25) is 0 Å². The molecule has 9 heteroatoms. The lowest BCUT2D eigenvalue weighted by atomic mass is 9.92. The number of rotatable bonds is 7. The van der Waals surface area contributed by atoms with Gasteiger partial charge >= 0.3 is 6.03 Å². The van der Waals surface area contributed by atoms with Crippen LogP contribution in [0.4, 0.5) is 16.2 Å². The van der Waals surface area contributed by atoms with Crippen molar-refractivity contribution >= 4 is 29.2 Å². The first-order chi connectivity index (χ1) is 12.9. The molecule has 1 heterocycles. The van der Waals surface area contributed by atoms with E-state index in [1.807, 2.05) is 13.8 Å². The van der Waals surface area contributed by atoms with Gasteiger partial charge in [0.05, 0.1) is 4.92 Å². The van der Waals surface area contributed by atoms with E-state index in [1.165, 1.54) is 12.1 Å². The number of anilines is 1. The number of nitro benzene ring substituents is 1. The summed E-state index contributed by atoms with van der Waals surface area (Å²) in [5, 5.41) is 16.4. The van der Waals surface area contributed by atoms with E-state index >= 15 is 0 Å². The molecular weight excluding hydrogens is 364 g/mol. The second kappa shape index (κ2) is 7.95. The number of urea groups is 1. The maximum absolute atomic E-state index is 12.7. The summed E-state index contributed by atoms with van der Waals surface area (Å²) in [5.74, 6) is -0.782. The third kappa shape index (κ3) is 4.47. The average molecular weight is 390 g/mol. The maximum atomic E-state index is 12.7. The first kappa shape index (κ1) is 21.3. The van der Waals surface area contributed by atoms with E-state index in [0.29, 0.717) is 12.3 Å². The Kier molecular flexibility index (Phi) is 6.06. The van der Waals surface area contributed by atoms with E-state index in [4.69, 9.17) is 0 Å². The van der Waals surface area contributed by atoms with Crippen molar-refractivity contribution in [2.24, 2.45) is 5.92 Å². The fourth-order valence-electron chi connectivity index (χ4n) is 3.02. The van der Waals surface area contributed by atoms with Gasteiger partial charge in [-0.1, -0.05) is 13.8 Å². The lowest BCUT2D eigenvalue weighted by Gasteiger charge is -2.22. The van der Waals surface area contributed by atoms with Gasteiger partial charge in [-0.25, -0.2) is 4.79 Å². The van der Waals surface area contributed by atoms with Crippen LogP contribution in [0.15, 0.2) is 12.1 Å². The number of nitrogens with one attached hydrogen (secondary N) is 2. The molecule has 0 spiro atoms. The van der Waals surface area contributed by atoms with Crippen LogP contribution in [0.25, 0.3) is 0 Å². The van der Waals surface area contributed by atoms with Crippen LogP contribution in [0, 0.1) is 29.9 Å². The van der Waals surface area contributed by atoms with Crippen molar-refractivity contribution in [2.75, 3.05) is 11.9 Å².